The van der Waals surface area contributed by atoms with E-state index in [-0.39, 0.29) is 19.4 Å². The van der Waals surface area contributed by atoms with E-state index in [0.717, 1.165) is 0 Å². The number of aliphatic hydroxyl groups is 7. The van der Waals surface area contributed by atoms with Crippen LogP contribution < -0.4 is 11.1 Å². The topological polar surface area (TPSA) is 243 Å². The number of amides is 1. The van der Waals surface area contributed by atoms with Crippen LogP contribution in [0.1, 0.15) is 33.1 Å². The molecule has 0 bridgehead atoms. The summed E-state index contributed by atoms with van der Waals surface area (Å²) in [5.41, 5.74) is 5.58. The second kappa shape index (κ2) is 14.7. The maximum Gasteiger partial charge on any atom is 0.217 e. The summed E-state index contributed by atoms with van der Waals surface area (Å²) in [7, 11) is 0. The fourth-order valence-corrected chi connectivity index (χ4v) is 5.37. The Balaban J connectivity index is 1.95. The normalized spacial score (nSPS) is 45.2. The van der Waals surface area contributed by atoms with E-state index in [2.05, 4.69) is 5.32 Å². The minimum absolute atomic E-state index is 0.0591. The van der Waals surface area contributed by atoms with Gasteiger partial charge in [0.25, 0.3) is 0 Å². The van der Waals surface area contributed by atoms with Crippen LogP contribution >= 0.6 is 0 Å². The first kappa shape index (κ1) is 32.5. The number of nitrogens with two attached hydrogens (primary N) is 1. The molecule has 10 N–H and O–H groups in total. The molecule has 15 heteroatoms. The van der Waals surface area contributed by atoms with Gasteiger partial charge in [0.1, 0.15) is 36.6 Å². The van der Waals surface area contributed by atoms with Gasteiger partial charge in [-0.15, -0.1) is 0 Å². The van der Waals surface area contributed by atoms with Gasteiger partial charge in [-0.25, -0.2) is 0 Å². The molecule has 3 saturated heterocycles. The number of carbonyl (C=O) groups excluding carboxylic acids is 1. The Morgan fingerprint density at radius 3 is 2.21 bits per heavy atom. The van der Waals surface area contributed by atoms with Crippen molar-refractivity contribution in [3.8, 4) is 0 Å². The van der Waals surface area contributed by atoms with Gasteiger partial charge in [-0.3, -0.25) is 4.79 Å². The van der Waals surface area contributed by atoms with E-state index in [4.69, 9.17) is 29.4 Å². The fraction of sp³-hybridized carbons (Fsp3) is 0.958. The molecule has 3 fully saturated rings. The summed E-state index contributed by atoms with van der Waals surface area (Å²) < 4.78 is 29.4. The van der Waals surface area contributed by atoms with Gasteiger partial charge in [-0.2, -0.15) is 0 Å². The minimum atomic E-state index is -1.50. The molecule has 14 atom stereocenters. The van der Waals surface area contributed by atoms with Gasteiger partial charge in [0.15, 0.2) is 12.6 Å². The lowest BCUT2D eigenvalue weighted by Crippen LogP contribution is -2.65. The Kier molecular flexibility index (Phi) is 12.3. The molecular weight excluding hydrogens is 524 g/mol. The summed E-state index contributed by atoms with van der Waals surface area (Å²) in [6.45, 7) is 2.25. The summed E-state index contributed by atoms with van der Waals surface area (Å²) in [4.78, 5) is 12.2. The predicted octanol–water partition coefficient (Wildman–Crippen LogP) is -4.34. The van der Waals surface area contributed by atoms with E-state index in [9.17, 15) is 40.5 Å². The summed E-state index contributed by atoms with van der Waals surface area (Å²) in [6.07, 6.45) is -13.9. The molecule has 3 heterocycles. The first-order valence-electron chi connectivity index (χ1n) is 13.3. The zero-order chi connectivity index (χ0) is 28.9. The van der Waals surface area contributed by atoms with Gasteiger partial charge in [0, 0.05) is 19.3 Å². The standard InChI is InChI=1S/C24H44N2O13/c1-10-19(32)21(34)20(33)15(36-10)6-12-18(26-11(2)29)24(35-5-3-4-25)38-17(9-28)22(12)39-23-14(31)7-13(30)16(8-27)37-23/h10,12-24,27-28,30-34H,3-9,25H2,1-2H3,(H,26,29)/t10?,12-,13-,14?,15+,16?,17?,18?,19-,20?,21+,22+,23+,24-/m1/s1. The van der Waals surface area contributed by atoms with Crippen molar-refractivity contribution in [2.45, 2.75) is 113 Å². The number of hydrogen-bond acceptors (Lipinski definition) is 14. The molecule has 0 aliphatic carbocycles. The average Bonchev–Trinajstić information content (AvgIpc) is 2.89. The Morgan fingerprint density at radius 1 is 0.923 bits per heavy atom. The van der Waals surface area contributed by atoms with E-state index in [1.807, 2.05) is 0 Å². The molecule has 0 saturated carbocycles. The van der Waals surface area contributed by atoms with Crippen LogP contribution in [0.15, 0.2) is 0 Å². The van der Waals surface area contributed by atoms with Crippen molar-refractivity contribution in [2.24, 2.45) is 11.7 Å². The SMILES string of the molecule is CC(=O)NC1[C@H](OCCCN)OC(CO)[C@@H](O[C@@H]2OC(CO)[C@H](O)CC2O)[C@@H]1C[C@@H]1OC(C)[C@@H](O)[C@H](O)C1O. The summed E-state index contributed by atoms with van der Waals surface area (Å²) in [5, 5.41) is 74.5. The second-order valence-corrected chi connectivity index (χ2v) is 10.4. The van der Waals surface area contributed by atoms with Crippen molar-refractivity contribution in [1.82, 2.24) is 5.32 Å². The second-order valence-electron chi connectivity index (χ2n) is 10.4. The van der Waals surface area contributed by atoms with Gasteiger partial charge < -0.3 is 70.5 Å². The van der Waals surface area contributed by atoms with Crippen LogP contribution in [0.4, 0.5) is 0 Å². The first-order valence-corrected chi connectivity index (χ1v) is 13.3. The highest BCUT2D eigenvalue weighted by atomic mass is 16.7. The smallest absolute Gasteiger partial charge is 0.217 e. The molecule has 228 valence electrons. The van der Waals surface area contributed by atoms with Gasteiger partial charge in [0.2, 0.25) is 5.91 Å². The summed E-state index contributed by atoms with van der Waals surface area (Å²) in [5.74, 6) is -1.25. The number of hydrogen-bond donors (Lipinski definition) is 9. The van der Waals surface area contributed by atoms with Crippen LogP contribution in [0.25, 0.3) is 0 Å². The van der Waals surface area contributed by atoms with Gasteiger partial charge in [0.05, 0.1) is 50.3 Å². The third-order valence-corrected chi connectivity index (χ3v) is 7.49. The molecule has 3 aliphatic heterocycles. The van der Waals surface area contributed by atoms with Gasteiger partial charge >= 0.3 is 0 Å². The van der Waals surface area contributed by atoms with E-state index < -0.39 is 105 Å². The van der Waals surface area contributed by atoms with Gasteiger partial charge in [-0.05, 0) is 26.3 Å². The van der Waals surface area contributed by atoms with E-state index >= 15 is 0 Å². The van der Waals surface area contributed by atoms with Crippen LogP contribution in [-0.2, 0) is 28.5 Å². The van der Waals surface area contributed by atoms with Crippen molar-refractivity contribution < 1.29 is 64.2 Å². The number of rotatable bonds is 11. The van der Waals surface area contributed by atoms with E-state index in [1.165, 1.54) is 13.8 Å². The van der Waals surface area contributed by atoms with Crippen LogP contribution in [0.3, 0.4) is 0 Å². The lowest BCUT2D eigenvalue weighted by molar-refractivity contribution is -0.332. The molecule has 3 rings (SSSR count). The first-order chi connectivity index (χ1) is 18.5. The predicted molar refractivity (Wildman–Crippen MR) is 131 cm³/mol. The molecule has 0 aromatic rings. The van der Waals surface area contributed by atoms with Crippen LogP contribution in [-0.4, -0.2) is 148 Å². The van der Waals surface area contributed by atoms with Crippen molar-refractivity contribution in [2.75, 3.05) is 26.4 Å². The minimum Gasteiger partial charge on any atom is -0.394 e. The third kappa shape index (κ3) is 7.82. The lowest BCUT2D eigenvalue weighted by atomic mass is 9.80. The largest absolute Gasteiger partial charge is 0.394 e. The molecule has 0 radical (unpaired) electrons. The quantitative estimate of drug-likeness (QED) is 0.107. The average molecular weight is 569 g/mol. The van der Waals surface area contributed by atoms with Crippen molar-refractivity contribution in [3.63, 3.8) is 0 Å². The zero-order valence-corrected chi connectivity index (χ0v) is 22.2. The van der Waals surface area contributed by atoms with Crippen molar-refractivity contribution in [1.29, 1.82) is 0 Å². The Labute approximate surface area is 226 Å². The number of carbonyl (C=O) groups is 1. The molecule has 0 aromatic heterocycles. The maximum absolute atomic E-state index is 12.2. The Morgan fingerprint density at radius 2 is 1.59 bits per heavy atom. The Bertz CT molecular complexity index is 766. The summed E-state index contributed by atoms with van der Waals surface area (Å²) in [6, 6.07) is -0.914. The molecule has 0 aromatic carbocycles. The van der Waals surface area contributed by atoms with Crippen molar-refractivity contribution in [3.05, 3.63) is 0 Å². The molecule has 1 amide bonds. The number of nitrogens with one attached hydrogen (secondary N) is 1. The molecule has 0 spiro atoms. The third-order valence-electron chi connectivity index (χ3n) is 7.49. The summed E-state index contributed by atoms with van der Waals surface area (Å²) >= 11 is 0. The highest BCUT2D eigenvalue weighted by Crippen LogP contribution is 2.37. The fourth-order valence-electron chi connectivity index (χ4n) is 5.37. The van der Waals surface area contributed by atoms with Gasteiger partial charge in [-0.1, -0.05) is 0 Å². The van der Waals surface area contributed by atoms with Crippen LogP contribution in [0, 0.1) is 5.92 Å². The Hall–Kier alpha value is -1.05. The zero-order valence-electron chi connectivity index (χ0n) is 22.2. The van der Waals surface area contributed by atoms with Crippen LogP contribution in [0.5, 0.6) is 0 Å². The highest BCUT2D eigenvalue weighted by Gasteiger charge is 2.52. The molecular formula is C24H44N2O13. The van der Waals surface area contributed by atoms with E-state index in [1.54, 1.807) is 0 Å². The molecule has 6 unspecified atom stereocenters. The van der Waals surface area contributed by atoms with Crippen molar-refractivity contribution >= 4 is 5.91 Å². The van der Waals surface area contributed by atoms with E-state index in [0.29, 0.717) is 13.0 Å². The van der Waals surface area contributed by atoms with Crippen LogP contribution in [0.2, 0.25) is 0 Å². The molecule has 3 aliphatic rings. The highest BCUT2D eigenvalue weighted by molar-refractivity contribution is 5.73. The monoisotopic (exact) mass is 568 g/mol. The molecule has 39 heavy (non-hydrogen) atoms. The number of ether oxygens (including phenoxy) is 5. The maximum atomic E-state index is 12.2. The lowest BCUT2D eigenvalue weighted by Gasteiger charge is -2.50. The molecule has 15 nitrogen and oxygen atoms in total. The number of aliphatic hydroxyl groups excluding tert-OH is 7.